The highest BCUT2D eigenvalue weighted by Crippen LogP contribution is 2.22. The number of hydrogen-bond donors (Lipinski definition) is 1. The standard InChI is InChI=1S/C25H34FN3O5S/c1-18(2)27-25(31)19(3)28(17-20-10-8-11-21(16-20)34-4)24(30)14-9-15-29(35(5,32)33)23-13-7-6-12-22(23)26/h6-8,10-13,16,18-19H,9,14-15,17H2,1-5H3,(H,27,31). The molecule has 0 saturated carbocycles. The fraction of sp³-hybridized carbons (Fsp3) is 0.440. The van der Waals surface area contributed by atoms with Gasteiger partial charge in [0.2, 0.25) is 21.8 Å². The molecule has 2 aromatic carbocycles. The molecule has 0 aromatic heterocycles. The number of halogens is 1. The fourth-order valence-electron chi connectivity index (χ4n) is 3.59. The summed E-state index contributed by atoms with van der Waals surface area (Å²) in [6, 6.07) is 11.9. The van der Waals surface area contributed by atoms with Gasteiger partial charge in [-0.1, -0.05) is 24.3 Å². The number of carbonyl (C=O) groups is 2. The van der Waals surface area contributed by atoms with Crippen LogP contribution in [0.5, 0.6) is 5.75 Å². The number of amides is 2. The molecule has 0 spiro atoms. The third-order valence-electron chi connectivity index (χ3n) is 5.36. The Bertz CT molecular complexity index is 1120. The average molecular weight is 508 g/mol. The van der Waals surface area contributed by atoms with Crippen molar-refractivity contribution in [1.29, 1.82) is 0 Å². The van der Waals surface area contributed by atoms with Gasteiger partial charge in [0.1, 0.15) is 17.6 Å². The summed E-state index contributed by atoms with van der Waals surface area (Å²) in [6.45, 7) is 5.41. The minimum absolute atomic E-state index is 0.0241. The maximum atomic E-state index is 14.3. The first-order valence-corrected chi connectivity index (χ1v) is 13.2. The Morgan fingerprint density at radius 2 is 1.77 bits per heavy atom. The molecule has 8 nitrogen and oxygen atoms in total. The molecule has 0 heterocycles. The summed E-state index contributed by atoms with van der Waals surface area (Å²) in [5.74, 6) is -0.646. The molecule has 0 saturated heterocycles. The number of benzene rings is 2. The first-order chi connectivity index (χ1) is 16.4. The summed E-state index contributed by atoms with van der Waals surface area (Å²) >= 11 is 0. The highest BCUT2D eigenvalue weighted by atomic mass is 32.2. The quantitative estimate of drug-likeness (QED) is 0.476. The van der Waals surface area contributed by atoms with E-state index in [9.17, 15) is 22.4 Å². The number of anilines is 1. The first-order valence-electron chi connectivity index (χ1n) is 11.4. The molecule has 0 fully saturated rings. The maximum absolute atomic E-state index is 14.3. The smallest absolute Gasteiger partial charge is 0.242 e. The van der Waals surface area contributed by atoms with Gasteiger partial charge in [-0.05, 0) is 57.0 Å². The van der Waals surface area contributed by atoms with Crippen molar-refractivity contribution in [1.82, 2.24) is 10.2 Å². The molecule has 1 unspecified atom stereocenters. The molecule has 0 radical (unpaired) electrons. The molecule has 192 valence electrons. The van der Waals surface area contributed by atoms with Crippen molar-refractivity contribution in [3.05, 3.63) is 59.9 Å². The predicted octanol–water partition coefficient (Wildman–Crippen LogP) is 3.32. The van der Waals surface area contributed by atoms with Crippen molar-refractivity contribution < 1.29 is 27.1 Å². The van der Waals surface area contributed by atoms with Gasteiger partial charge in [-0.2, -0.15) is 0 Å². The minimum atomic E-state index is -3.77. The summed E-state index contributed by atoms with van der Waals surface area (Å²) in [4.78, 5) is 27.4. The van der Waals surface area contributed by atoms with Crippen molar-refractivity contribution in [2.75, 3.05) is 24.2 Å². The van der Waals surface area contributed by atoms with E-state index in [0.717, 1.165) is 16.1 Å². The van der Waals surface area contributed by atoms with E-state index in [1.165, 1.54) is 23.1 Å². The normalized spacial score (nSPS) is 12.2. The Hall–Kier alpha value is -3.14. The zero-order valence-corrected chi connectivity index (χ0v) is 21.6. The van der Waals surface area contributed by atoms with Crippen LogP contribution in [0.2, 0.25) is 0 Å². The van der Waals surface area contributed by atoms with E-state index >= 15 is 0 Å². The van der Waals surface area contributed by atoms with Crippen LogP contribution in [0.15, 0.2) is 48.5 Å². The van der Waals surface area contributed by atoms with Gasteiger partial charge in [0.05, 0.1) is 19.1 Å². The van der Waals surface area contributed by atoms with Gasteiger partial charge in [-0.25, -0.2) is 12.8 Å². The SMILES string of the molecule is COc1cccc(CN(C(=O)CCCN(c2ccccc2F)S(C)(=O)=O)C(C)C(=O)NC(C)C)c1. The second kappa shape index (κ2) is 12.5. The molecular formula is C25H34FN3O5S. The van der Waals surface area contributed by atoms with Crippen LogP contribution in [0.3, 0.4) is 0 Å². The number of para-hydroxylation sites is 1. The topological polar surface area (TPSA) is 96.0 Å². The summed E-state index contributed by atoms with van der Waals surface area (Å²) in [5, 5.41) is 2.82. The fourth-order valence-corrected chi connectivity index (χ4v) is 4.56. The van der Waals surface area contributed by atoms with Gasteiger partial charge in [-0.15, -0.1) is 0 Å². The number of methoxy groups -OCH3 is 1. The van der Waals surface area contributed by atoms with E-state index in [2.05, 4.69) is 5.32 Å². The van der Waals surface area contributed by atoms with Crippen LogP contribution in [0.1, 0.15) is 39.2 Å². The molecule has 1 atom stereocenters. The molecule has 0 bridgehead atoms. The molecule has 2 rings (SSSR count). The van der Waals surface area contributed by atoms with E-state index in [0.29, 0.717) is 5.75 Å². The van der Waals surface area contributed by atoms with Gasteiger partial charge in [0.15, 0.2) is 0 Å². The molecule has 0 aliphatic heterocycles. The lowest BCUT2D eigenvalue weighted by Gasteiger charge is -2.30. The summed E-state index contributed by atoms with van der Waals surface area (Å²) in [6.07, 6.45) is 1.12. The van der Waals surface area contributed by atoms with Gasteiger partial charge in [0, 0.05) is 25.6 Å². The van der Waals surface area contributed by atoms with Gasteiger partial charge in [-0.3, -0.25) is 13.9 Å². The lowest BCUT2D eigenvalue weighted by molar-refractivity contribution is -0.140. The van der Waals surface area contributed by atoms with Crippen LogP contribution < -0.4 is 14.4 Å². The molecule has 0 aliphatic carbocycles. The van der Waals surface area contributed by atoms with Gasteiger partial charge < -0.3 is 15.0 Å². The highest BCUT2D eigenvalue weighted by molar-refractivity contribution is 7.92. The predicted molar refractivity (Wildman–Crippen MR) is 134 cm³/mol. The molecule has 2 amide bonds. The second-order valence-corrected chi connectivity index (χ2v) is 10.5. The number of nitrogens with one attached hydrogen (secondary N) is 1. The zero-order chi connectivity index (χ0) is 26.2. The van der Waals surface area contributed by atoms with Crippen molar-refractivity contribution in [3.63, 3.8) is 0 Å². The van der Waals surface area contributed by atoms with E-state index in [1.807, 2.05) is 19.9 Å². The number of sulfonamides is 1. The maximum Gasteiger partial charge on any atom is 0.242 e. The summed E-state index contributed by atoms with van der Waals surface area (Å²) in [7, 11) is -2.22. The Morgan fingerprint density at radius 3 is 2.37 bits per heavy atom. The Labute approximate surface area is 207 Å². The van der Waals surface area contributed by atoms with Crippen LogP contribution >= 0.6 is 0 Å². The molecular weight excluding hydrogens is 473 g/mol. The van der Waals surface area contributed by atoms with Crippen molar-refractivity contribution in [2.24, 2.45) is 0 Å². The number of carbonyl (C=O) groups excluding carboxylic acids is 2. The lowest BCUT2D eigenvalue weighted by atomic mass is 10.1. The van der Waals surface area contributed by atoms with E-state index in [-0.39, 0.29) is 49.5 Å². The van der Waals surface area contributed by atoms with E-state index < -0.39 is 21.9 Å². The van der Waals surface area contributed by atoms with Crippen LogP contribution in [0.4, 0.5) is 10.1 Å². The third-order valence-corrected chi connectivity index (χ3v) is 6.54. The van der Waals surface area contributed by atoms with Crippen LogP contribution in [0.25, 0.3) is 0 Å². The van der Waals surface area contributed by atoms with Crippen molar-refractivity contribution in [2.45, 2.75) is 52.2 Å². The Morgan fingerprint density at radius 1 is 1.09 bits per heavy atom. The van der Waals surface area contributed by atoms with Crippen molar-refractivity contribution >= 4 is 27.5 Å². The number of nitrogens with zero attached hydrogens (tertiary/aromatic N) is 2. The third kappa shape index (κ3) is 8.24. The average Bonchev–Trinajstić information content (AvgIpc) is 2.79. The molecule has 2 aromatic rings. The second-order valence-electron chi connectivity index (χ2n) is 8.60. The largest absolute Gasteiger partial charge is 0.497 e. The van der Waals surface area contributed by atoms with Crippen molar-refractivity contribution in [3.8, 4) is 5.75 Å². The van der Waals surface area contributed by atoms with E-state index in [4.69, 9.17) is 4.74 Å². The molecule has 0 aliphatic rings. The van der Waals surface area contributed by atoms with Crippen LogP contribution in [-0.2, 0) is 26.2 Å². The lowest BCUT2D eigenvalue weighted by Crippen LogP contribution is -2.49. The molecule has 35 heavy (non-hydrogen) atoms. The highest BCUT2D eigenvalue weighted by Gasteiger charge is 2.27. The number of rotatable bonds is 12. The van der Waals surface area contributed by atoms with Gasteiger partial charge in [0.25, 0.3) is 0 Å². The summed E-state index contributed by atoms with van der Waals surface area (Å²) in [5.41, 5.74) is 0.714. The monoisotopic (exact) mass is 507 g/mol. The summed E-state index contributed by atoms with van der Waals surface area (Å²) < 4.78 is 45.1. The minimum Gasteiger partial charge on any atom is -0.497 e. The van der Waals surface area contributed by atoms with E-state index in [1.54, 1.807) is 38.3 Å². The number of hydrogen-bond acceptors (Lipinski definition) is 5. The Balaban J connectivity index is 2.20. The van der Waals surface area contributed by atoms with Crippen LogP contribution in [-0.4, -0.2) is 57.1 Å². The zero-order valence-electron chi connectivity index (χ0n) is 20.8. The Kier molecular flexibility index (Phi) is 10.1. The first kappa shape index (κ1) is 28.1. The number of ether oxygens (including phenoxy) is 1. The molecule has 10 heteroatoms. The van der Waals surface area contributed by atoms with Gasteiger partial charge >= 0.3 is 0 Å². The van der Waals surface area contributed by atoms with Crippen LogP contribution in [0, 0.1) is 5.82 Å². The molecule has 1 N–H and O–H groups in total.